The summed E-state index contributed by atoms with van der Waals surface area (Å²) in [4.78, 5) is 0. The van der Waals surface area contributed by atoms with Gasteiger partial charge in [-0.05, 0) is 24.7 Å². The first-order valence-electron chi connectivity index (χ1n) is 6.55. The molecule has 0 aliphatic heterocycles. The number of aromatic nitrogens is 2. The van der Waals surface area contributed by atoms with Gasteiger partial charge in [0, 0.05) is 17.5 Å². The van der Waals surface area contributed by atoms with E-state index >= 15 is 0 Å². The number of hydrogen-bond acceptors (Lipinski definition) is 2. The summed E-state index contributed by atoms with van der Waals surface area (Å²) in [6.07, 6.45) is 0. The molecule has 0 aliphatic carbocycles. The molecule has 102 valence electrons. The highest BCUT2D eigenvalue weighted by atomic mass is 35.5. The minimum Gasteiger partial charge on any atom is -0.308 e. The number of nitrogens with one attached hydrogen (secondary N) is 1. The van der Waals surface area contributed by atoms with E-state index in [1.807, 2.05) is 55.2 Å². The van der Waals surface area contributed by atoms with E-state index in [-0.39, 0.29) is 6.04 Å². The van der Waals surface area contributed by atoms with Gasteiger partial charge in [-0.2, -0.15) is 5.10 Å². The van der Waals surface area contributed by atoms with Crippen molar-refractivity contribution < 1.29 is 0 Å². The SMILES string of the molecule is CNC(c1ccccc1Cl)c1nn(C)c2ccccc12. The fourth-order valence-corrected chi connectivity index (χ4v) is 2.85. The van der Waals surface area contributed by atoms with Crippen molar-refractivity contribution in [2.24, 2.45) is 7.05 Å². The molecule has 1 unspecified atom stereocenters. The van der Waals surface area contributed by atoms with Crippen molar-refractivity contribution in [3.63, 3.8) is 0 Å². The van der Waals surface area contributed by atoms with Crippen molar-refractivity contribution >= 4 is 22.5 Å². The summed E-state index contributed by atoms with van der Waals surface area (Å²) in [7, 11) is 3.89. The van der Waals surface area contributed by atoms with Gasteiger partial charge in [0.05, 0.1) is 17.3 Å². The van der Waals surface area contributed by atoms with E-state index in [0.717, 1.165) is 27.2 Å². The highest BCUT2D eigenvalue weighted by Gasteiger charge is 2.20. The maximum Gasteiger partial charge on any atom is 0.0918 e. The van der Waals surface area contributed by atoms with Crippen LogP contribution >= 0.6 is 11.6 Å². The minimum atomic E-state index is -0.0187. The molecule has 1 atom stereocenters. The molecular weight excluding hydrogens is 270 g/mol. The number of rotatable bonds is 3. The molecule has 2 aromatic carbocycles. The van der Waals surface area contributed by atoms with Gasteiger partial charge in [0.1, 0.15) is 0 Å². The smallest absolute Gasteiger partial charge is 0.0918 e. The van der Waals surface area contributed by atoms with Crippen molar-refractivity contribution in [3.8, 4) is 0 Å². The van der Waals surface area contributed by atoms with Crippen LogP contribution in [0.3, 0.4) is 0 Å². The van der Waals surface area contributed by atoms with Crippen molar-refractivity contribution in [2.45, 2.75) is 6.04 Å². The van der Waals surface area contributed by atoms with Crippen molar-refractivity contribution in [1.82, 2.24) is 15.1 Å². The summed E-state index contributed by atoms with van der Waals surface area (Å²) in [5.41, 5.74) is 3.16. The third kappa shape index (κ3) is 2.09. The van der Waals surface area contributed by atoms with Crippen LogP contribution in [0.2, 0.25) is 5.02 Å². The van der Waals surface area contributed by atoms with Crippen LogP contribution in [0.25, 0.3) is 10.9 Å². The standard InChI is InChI=1S/C16H16ClN3/c1-18-15(11-7-3-5-9-13(11)17)16-12-8-4-6-10-14(12)20(2)19-16/h3-10,15,18H,1-2H3. The zero-order valence-corrected chi connectivity index (χ0v) is 12.2. The van der Waals surface area contributed by atoms with Crippen LogP contribution in [-0.2, 0) is 7.05 Å². The summed E-state index contributed by atoms with van der Waals surface area (Å²) in [6.45, 7) is 0. The number of halogens is 1. The molecule has 1 heterocycles. The average Bonchev–Trinajstić information content (AvgIpc) is 2.80. The van der Waals surface area contributed by atoms with Crippen LogP contribution in [-0.4, -0.2) is 16.8 Å². The van der Waals surface area contributed by atoms with Gasteiger partial charge in [0.2, 0.25) is 0 Å². The van der Waals surface area contributed by atoms with E-state index in [4.69, 9.17) is 11.6 Å². The first kappa shape index (κ1) is 13.2. The Hall–Kier alpha value is -1.84. The zero-order valence-electron chi connectivity index (χ0n) is 11.5. The topological polar surface area (TPSA) is 29.9 Å². The summed E-state index contributed by atoms with van der Waals surface area (Å²) in [5.74, 6) is 0. The molecule has 1 N–H and O–H groups in total. The lowest BCUT2D eigenvalue weighted by atomic mass is 10.0. The van der Waals surface area contributed by atoms with Crippen LogP contribution in [0, 0.1) is 0 Å². The quantitative estimate of drug-likeness (QED) is 0.798. The second-order valence-electron chi connectivity index (χ2n) is 4.77. The number of para-hydroxylation sites is 1. The number of aryl methyl sites for hydroxylation is 1. The highest BCUT2D eigenvalue weighted by Crippen LogP contribution is 2.31. The lowest BCUT2D eigenvalue weighted by Crippen LogP contribution is -2.19. The largest absolute Gasteiger partial charge is 0.308 e. The van der Waals surface area contributed by atoms with Gasteiger partial charge < -0.3 is 5.32 Å². The van der Waals surface area contributed by atoms with Gasteiger partial charge in [0.25, 0.3) is 0 Å². The Morgan fingerprint density at radius 2 is 1.80 bits per heavy atom. The number of hydrogen-bond donors (Lipinski definition) is 1. The Balaban J connectivity index is 2.20. The molecule has 0 aliphatic rings. The Morgan fingerprint density at radius 1 is 1.10 bits per heavy atom. The number of benzene rings is 2. The first-order chi connectivity index (χ1) is 9.72. The molecule has 0 fully saturated rings. The molecule has 0 saturated carbocycles. The lowest BCUT2D eigenvalue weighted by molar-refractivity contribution is 0.648. The van der Waals surface area contributed by atoms with Crippen molar-refractivity contribution in [3.05, 3.63) is 64.8 Å². The van der Waals surface area contributed by atoms with Crippen LogP contribution in [0.4, 0.5) is 0 Å². The zero-order chi connectivity index (χ0) is 14.1. The molecule has 0 saturated heterocycles. The van der Waals surface area contributed by atoms with Gasteiger partial charge in [-0.3, -0.25) is 4.68 Å². The van der Waals surface area contributed by atoms with E-state index in [1.54, 1.807) is 0 Å². The fourth-order valence-electron chi connectivity index (χ4n) is 2.60. The van der Waals surface area contributed by atoms with E-state index in [2.05, 4.69) is 22.5 Å². The monoisotopic (exact) mass is 285 g/mol. The van der Waals surface area contributed by atoms with E-state index in [1.165, 1.54) is 0 Å². The fraction of sp³-hybridized carbons (Fsp3) is 0.188. The van der Waals surface area contributed by atoms with E-state index in [9.17, 15) is 0 Å². The first-order valence-corrected chi connectivity index (χ1v) is 6.93. The predicted octanol–water partition coefficient (Wildman–Crippen LogP) is 3.54. The second-order valence-corrected chi connectivity index (χ2v) is 5.18. The molecule has 20 heavy (non-hydrogen) atoms. The third-order valence-electron chi connectivity index (χ3n) is 3.56. The molecule has 0 amide bonds. The molecule has 0 bridgehead atoms. The summed E-state index contributed by atoms with van der Waals surface area (Å²) >= 11 is 6.33. The van der Waals surface area contributed by atoms with Crippen LogP contribution in [0.5, 0.6) is 0 Å². The lowest BCUT2D eigenvalue weighted by Gasteiger charge is -2.16. The molecule has 0 spiro atoms. The summed E-state index contributed by atoms with van der Waals surface area (Å²) < 4.78 is 1.91. The normalized spacial score (nSPS) is 12.8. The van der Waals surface area contributed by atoms with Gasteiger partial charge >= 0.3 is 0 Å². The molecule has 4 heteroatoms. The van der Waals surface area contributed by atoms with Crippen molar-refractivity contribution in [2.75, 3.05) is 7.05 Å². The average molecular weight is 286 g/mol. The van der Waals surface area contributed by atoms with E-state index < -0.39 is 0 Å². The van der Waals surface area contributed by atoms with E-state index in [0.29, 0.717) is 0 Å². The van der Waals surface area contributed by atoms with Gasteiger partial charge in [-0.1, -0.05) is 48.0 Å². The Labute approximate surface area is 123 Å². The van der Waals surface area contributed by atoms with Crippen LogP contribution < -0.4 is 5.32 Å². The minimum absolute atomic E-state index is 0.0187. The Morgan fingerprint density at radius 3 is 2.55 bits per heavy atom. The summed E-state index contributed by atoms with van der Waals surface area (Å²) in [6, 6.07) is 16.1. The molecule has 3 nitrogen and oxygen atoms in total. The molecule has 3 rings (SSSR count). The third-order valence-corrected chi connectivity index (χ3v) is 3.91. The Kier molecular flexibility index (Phi) is 3.47. The van der Waals surface area contributed by atoms with Crippen LogP contribution in [0.1, 0.15) is 17.3 Å². The maximum absolute atomic E-state index is 6.33. The molecule has 0 radical (unpaired) electrons. The predicted molar refractivity (Wildman–Crippen MR) is 83.1 cm³/mol. The Bertz CT molecular complexity index is 748. The van der Waals surface area contributed by atoms with Gasteiger partial charge in [-0.15, -0.1) is 0 Å². The highest BCUT2D eigenvalue weighted by molar-refractivity contribution is 6.31. The van der Waals surface area contributed by atoms with Gasteiger partial charge in [0.15, 0.2) is 0 Å². The van der Waals surface area contributed by atoms with Gasteiger partial charge in [-0.25, -0.2) is 0 Å². The van der Waals surface area contributed by atoms with Crippen LogP contribution in [0.15, 0.2) is 48.5 Å². The number of nitrogens with zero attached hydrogens (tertiary/aromatic N) is 2. The van der Waals surface area contributed by atoms with Crippen molar-refractivity contribution in [1.29, 1.82) is 0 Å². The molecular formula is C16H16ClN3. The second kappa shape index (κ2) is 5.27. The molecule has 1 aromatic heterocycles. The summed E-state index contributed by atoms with van der Waals surface area (Å²) in [5, 5.41) is 9.89. The number of fused-ring (bicyclic) bond motifs is 1. The maximum atomic E-state index is 6.33. The molecule has 3 aromatic rings.